The van der Waals surface area contributed by atoms with E-state index in [9.17, 15) is 5.11 Å². The molecule has 0 saturated heterocycles. The van der Waals surface area contributed by atoms with Crippen LogP contribution in [0.15, 0.2) is 18.2 Å². The lowest BCUT2D eigenvalue weighted by Gasteiger charge is -2.21. The van der Waals surface area contributed by atoms with Crippen LogP contribution in [-0.4, -0.2) is 14.7 Å². The molecule has 0 aliphatic carbocycles. The minimum absolute atomic E-state index is 0.250. The van der Waals surface area contributed by atoms with Gasteiger partial charge in [-0.05, 0) is 45.4 Å². The summed E-state index contributed by atoms with van der Waals surface area (Å²) in [7, 11) is 0. The first kappa shape index (κ1) is 13.1. The Balaban J connectivity index is 2.75. The number of nitrogens with two attached hydrogens (primary N) is 1. The molecule has 2 rings (SSSR count). The molecule has 0 spiro atoms. The molecule has 0 unspecified atom stereocenters. The van der Waals surface area contributed by atoms with Gasteiger partial charge in [-0.15, -0.1) is 0 Å². The van der Waals surface area contributed by atoms with E-state index in [1.54, 1.807) is 13.8 Å². The van der Waals surface area contributed by atoms with Crippen molar-refractivity contribution >= 4 is 11.0 Å². The number of aromatic nitrogens is 2. The Morgan fingerprint density at radius 1 is 1.39 bits per heavy atom. The van der Waals surface area contributed by atoms with Gasteiger partial charge in [0.15, 0.2) is 0 Å². The lowest BCUT2D eigenvalue weighted by Crippen LogP contribution is -2.23. The number of nitrogens with zero attached hydrogens (tertiary/aromatic N) is 2. The van der Waals surface area contributed by atoms with E-state index in [1.807, 2.05) is 18.2 Å². The Morgan fingerprint density at radius 2 is 2.06 bits per heavy atom. The minimum atomic E-state index is -0.952. The fraction of sp³-hybridized carbons (Fsp3) is 0.500. The Bertz CT molecular complexity index is 564. The van der Waals surface area contributed by atoms with Gasteiger partial charge in [0.25, 0.3) is 0 Å². The van der Waals surface area contributed by atoms with Gasteiger partial charge < -0.3 is 15.4 Å². The average molecular weight is 247 g/mol. The summed E-state index contributed by atoms with van der Waals surface area (Å²) < 4.78 is 2.08. The van der Waals surface area contributed by atoms with Crippen LogP contribution in [0.5, 0.6) is 0 Å². The molecule has 1 heterocycles. The molecule has 2 aromatic rings. The van der Waals surface area contributed by atoms with Crippen LogP contribution in [-0.2, 0) is 12.1 Å². The van der Waals surface area contributed by atoms with Gasteiger partial charge in [0, 0.05) is 12.6 Å². The summed E-state index contributed by atoms with van der Waals surface area (Å²) in [5.74, 6) is 0.696. The average Bonchev–Trinajstić information content (AvgIpc) is 2.66. The zero-order chi connectivity index (χ0) is 13.5. The Morgan fingerprint density at radius 3 is 2.56 bits per heavy atom. The molecule has 0 aliphatic heterocycles. The molecular weight excluding hydrogens is 226 g/mol. The van der Waals surface area contributed by atoms with Crippen molar-refractivity contribution in [2.24, 2.45) is 5.73 Å². The summed E-state index contributed by atoms with van der Waals surface area (Å²) >= 11 is 0. The van der Waals surface area contributed by atoms with Crippen molar-refractivity contribution in [2.45, 2.75) is 45.9 Å². The van der Waals surface area contributed by atoms with Crippen LogP contribution in [0.4, 0.5) is 0 Å². The quantitative estimate of drug-likeness (QED) is 0.874. The SMILES string of the molecule is CC(C)n1c(C(C)(C)O)nc2cc(CN)ccc21. The molecule has 1 aromatic carbocycles. The lowest BCUT2D eigenvalue weighted by atomic mass is 10.1. The molecule has 0 fully saturated rings. The molecule has 18 heavy (non-hydrogen) atoms. The van der Waals surface area contributed by atoms with E-state index in [2.05, 4.69) is 23.4 Å². The van der Waals surface area contributed by atoms with Gasteiger partial charge in [-0.2, -0.15) is 0 Å². The van der Waals surface area contributed by atoms with E-state index in [0.717, 1.165) is 16.6 Å². The van der Waals surface area contributed by atoms with Crippen molar-refractivity contribution in [3.63, 3.8) is 0 Å². The first-order valence-electron chi connectivity index (χ1n) is 6.28. The van der Waals surface area contributed by atoms with Crippen LogP contribution in [0.2, 0.25) is 0 Å². The van der Waals surface area contributed by atoms with Crippen molar-refractivity contribution in [3.8, 4) is 0 Å². The van der Waals surface area contributed by atoms with Gasteiger partial charge in [-0.25, -0.2) is 4.98 Å². The van der Waals surface area contributed by atoms with Crippen LogP contribution in [0.1, 0.15) is 45.1 Å². The van der Waals surface area contributed by atoms with Crippen molar-refractivity contribution < 1.29 is 5.11 Å². The normalized spacial score (nSPS) is 12.6. The number of hydrogen-bond acceptors (Lipinski definition) is 3. The number of aliphatic hydroxyl groups is 1. The number of rotatable bonds is 3. The third-order valence-corrected chi connectivity index (χ3v) is 3.05. The molecule has 0 atom stereocenters. The van der Waals surface area contributed by atoms with Crippen LogP contribution < -0.4 is 5.73 Å². The van der Waals surface area contributed by atoms with E-state index in [-0.39, 0.29) is 6.04 Å². The maximum atomic E-state index is 10.2. The molecule has 4 heteroatoms. The monoisotopic (exact) mass is 247 g/mol. The Kier molecular flexibility index (Phi) is 3.17. The van der Waals surface area contributed by atoms with E-state index < -0.39 is 5.60 Å². The highest BCUT2D eigenvalue weighted by Gasteiger charge is 2.25. The minimum Gasteiger partial charge on any atom is -0.383 e. The van der Waals surface area contributed by atoms with Crippen LogP contribution in [0.25, 0.3) is 11.0 Å². The maximum Gasteiger partial charge on any atom is 0.141 e. The molecule has 0 saturated carbocycles. The van der Waals surface area contributed by atoms with E-state index in [4.69, 9.17) is 5.73 Å². The van der Waals surface area contributed by atoms with Gasteiger partial charge in [-0.3, -0.25) is 0 Å². The number of benzene rings is 1. The summed E-state index contributed by atoms with van der Waals surface area (Å²) in [6.45, 7) is 8.20. The number of hydrogen-bond donors (Lipinski definition) is 2. The first-order chi connectivity index (χ1) is 8.34. The predicted molar refractivity (Wildman–Crippen MR) is 73.3 cm³/mol. The molecule has 0 radical (unpaired) electrons. The Labute approximate surface area is 107 Å². The lowest BCUT2D eigenvalue weighted by molar-refractivity contribution is 0.0641. The molecule has 98 valence electrons. The van der Waals surface area contributed by atoms with Gasteiger partial charge in [0.2, 0.25) is 0 Å². The highest BCUT2D eigenvalue weighted by molar-refractivity contribution is 5.77. The molecule has 0 bridgehead atoms. The molecule has 0 amide bonds. The van der Waals surface area contributed by atoms with E-state index in [1.165, 1.54) is 0 Å². The second-order valence-corrected chi connectivity index (χ2v) is 5.49. The summed E-state index contributed by atoms with van der Waals surface area (Å²) in [6.07, 6.45) is 0. The third-order valence-electron chi connectivity index (χ3n) is 3.05. The number of imidazole rings is 1. The standard InChI is InChI=1S/C14H21N3O/c1-9(2)17-12-6-5-10(8-15)7-11(12)16-13(17)14(3,4)18/h5-7,9,18H,8,15H2,1-4H3. The molecule has 4 nitrogen and oxygen atoms in total. The first-order valence-corrected chi connectivity index (χ1v) is 6.28. The topological polar surface area (TPSA) is 64.1 Å². The highest BCUT2D eigenvalue weighted by Crippen LogP contribution is 2.28. The van der Waals surface area contributed by atoms with Crippen molar-refractivity contribution in [2.75, 3.05) is 0 Å². The van der Waals surface area contributed by atoms with Crippen LogP contribution >= 0.6 is 0 Å². The van der Waals surface area contributed by atoms with Crippen molar-refractivity contribution in [3.05, 3.63) is 29.6 Å². The van der Waals surface area contributed by atoms with Gasteiger partial charge in [0.05, 0.1) is 11.0 Å². The maximum absolute atomic E-state index is 10.2. The summed E-state index contributed by atoms with van der Waals surface area (Å²) in [6, 6.07) is 6.28. The second-order valence-electron chi connectivity index (χ2n) is 5.49. The molecule has 3 N–H and O–H groups in total. The zero-order valence-electron chi connectivity index (χ0n) is 11.4. The zero-order valence-corrected chi connectivity index (χ0v) is 11.4. The molecular formula is C14H21N3O. The summed E-state index contributed by atoms with van der Waals surface area (Å²) in [5.41, 5.74) is 7.68. The fourth-order valence-corrected chi connectivity index (χ4v) is 2.23. The highest BCUT2D eigenvalue weighted by atomic mass is 16.3. The van der Waals surface area contributed by atoms with E-state index in [0.29, 0.717) is 12.4 Å². The third kappa shape index (κ3) is 2.13. The summed E-state index contributed by atoms with van der Waals surface area (Å²) in [4.78, 5) is 4.57. The van der Waals surface area contributed by atoms with Crippen LogP contribution in [0, 0.1) is 0 Å². The van der Waals surface area contributed by atoms with E-state index >= 15 is 0 Å². The predicted octanol–water partition coefficient (Wildman–Crippen LogP) is 2.30. The number of fused-ring (bicyclic) bond motifs is 1. The fourth-order valence-electron chi connectivity index (χ4n) is 2.23. The summed E-state index contributed by atoms with van der Waals surface area (Å²) in [5, 5.41) is 10.2. The van der Waals surface area contributed by atoms with Crippen molar-refractivity contribution in [1.82, 2.24) is 9.55 Å². The smallest absolute Gasteiger partial charge is 0.141 e. The van der Waals surface area contributed by atoms with Gasteiger partial charge >= 0.3 is 0 Å². The molecule has 0 aliphatic rings. The molecule has 1 aromatic heterocycles. The second kappa shape index (κ2) is 4.37. The van der Waals surface area contributed by atoms with Crippen LogP contribution in [0.3, 0.4) is 0 Å². The Hall–Kier alpha value is -1.39. The van der Waals surface area contributed by atoms with Gasteiger partial charge in [0.1, 0.15) is 11.4 Å². The largest absolute Gasteiger partial charge is 0.383 e. The van der Waals surface area contributed by atoms with Crippen molar-refractivity contribution in [1.29, 1.82) is 0 Å². The van der Waals surface area contributed by atoms with Gasteiger partial charge in [-0.1, -0.05) is 6.07 Å².